The van der Waals surface area contributed by atoms with Crippen LogP contribution in [0.15, 0.2) is 0 Å². The van der Waals surface area contributed by atoms with Crippen LogP contribution >= 0.6 is 0 Å². The van der Waals surface area contributed by atoms with Crippen molar-refractivity contribution in [3.05, 3.63) is 0 Å². The van der Waals surface area contributed by atoms with Gasteiger partial charge >= 0.3 is 0 Å². The van der Waals surface area contributed by atoms with Crippen molar-refractivity contribution < 1.29 is 13.5 Å². The van der Waals surface area contributed by atoms with E-state index in [-0.39, 0.29) is 24.2 Å². The molecule has 1 rings (SSSR count). The quantitative estimate of drug-likeness (QED) is 0.777. The fourth-order valence-corrected chi connectivity index (χ4v) is 2.94. The average Bonchev–Trinajstić information content (AvgIpc) is 2.51. The predicted molar refractivity (Wildman–Crippen MR) is 65.2 cm³/mol. The number of hydrogen-bond donors (Lipinski definition) is 1. The molecule has 1 unspecified atom stereocenters. The van der Waals surface area contributed by atoms with Gasteiger partial charge in [-0.1, -0.05) is 19.8 Å². The summed E-state index contributed by atoms with van der Waals surface area (Å²) in [7, 11) is -2.89. The largest absolute Gasteiger partial charge is 0.395 e. The second-order valence-electron chi connectivity index (χ2n) is 4.46. The Bertz CT molecular complexity index is 290. The summed E-state index contributed by atoms with van der Waals surface area (Å²) >= 11 is 0. The lowest BCUT2D eigenvalue weighted by atomic mass is 10.1. The van der Waals surface area contributed by atoms with Crippen molar-refractivity contribution in [3.63, 3.8) is 0 Å². The molecule has 0 aromatic rings. The maximum absolute atomic E-state index is 11.4. The van der Waals surface area contributed by atoms with Crippen molar-refractivity contribution >= 4 is 9.84 Å². The van der Waals surface area contributed by atoms with Crippen LogP contribution in [0.3, 0.4) is 0 Å². The zero-order chi connectivity index (χ0) is 12.0. The molecule has 0 amide bonds. The van der Waals surface area contributed by atoms with Gasteiger partial charge in [-0.05, 0) is 19.4 Å². The molecule has 0 aromatic heterocycles. The first-order valence-electron chi connectivity index (χ1n) is 6.14. The molecule has 5 heteroatoms. The molecule has 0 radical (unpaired) electrons. The monoisotopic (exact) mass is 249 g/mol. The number of nitrogens with zero attached hydrogens (tertiary/aromatic N) is 1. The van der Waals surface area contributed by atoms with E-state index in [2.05, 4.69) is 4.90 Å². The van der Waals surface area contributed by atoms with Crippen molar-refractivity contribution in [3.8, 4) is 0 Å². The van der Waals surface area contributed by atoms with Gasteiger partial charge in [-0.2, -0.15) is 0 Å². The topological polar surface area (TPSA) is 57.6 Å². The average molecular weight is 249 g/mol. The van der Waals surface area contributed by atoms with Gasteiger partial charge in [-0.25, -0.2) is 8.42 Å². The van der Waals surface area contributed by atoms with E-state index in [1.165, 1.54) is 6.42 Å². The molecule has 0 saturated carbocycles. The van der Waals surface area contributed by atoms with Gasteiger partial charge < -0.3 is 5.11 Å². The Hall–Kier alpha value is -0.130. The van der Waals surface area contributed by atoms with Crippen LogP contribution in [-0.2, 0) is 9.84 Å². The minimum absolute atomic E-state index is 0.145. The lowest BCUT2D eigenvalue weighted by Gasteiger charge is -2.28. The maximum Gasteiger partial charge on any atom is 0.151 e. The second kappa shape index (κ2) is 6.57. The minimum Gasteiger partial charge on any atom is -0.395 e. The Morgan fingerprint density at radius 3 is 2.69 bits per heavy atom. The molecule has 4 nitrogen and oxygen atoms in total. The van der Waals surface area contributed by atoms with Gasteiger partial charge in [-0.15, -0.1) is 0 Å². The fourth-order valence-electron chi connectivity index (χ4n) is 2.14. The first-order chi connectivity index (χ1) is 7.59. The third-order valence-electron chi connectivity index (χ3n) is 3.34. The van der Waals surface area contributed by atoms with E-state index in [0.717, 1.165) is 25.8 Å². The van der Waals surface area contributed by atoms with E-state index < -0.39 is 9.84 Å². The molecule has 1 aliphatic rings. The number of aliphatic hydroxyl groups excluding tert-OH is 1. The lowest BCUT2D eigenvalue weighted by molar-refractivity contribution is 0.130. The number of sulfone groups is 1. The van der Waals surface area contributed by atoms with Gasteiger partial charge in [0, 0.05) is 18.3 Å². The zero-order valence-electron chi connectivity index (χ0n) is 10.1. The fraction of sp³-hybridized carbons (Fsp3) is 1.00. The molecule has 1 N–H and O–H groups in total. The zero-order valence-corrected chi connectivity index (χ0v) is 10.9. The molecule has 1 heterocycles. The van der Waals surface area contributed by atoms with Crippen molar-refractivity contribution in [2.45, 2.75) is 38.6 Å². The van der Waals surface area contributed by atoms with Crippen molar-refractivity contribution in [1.82, 2.24) is 4.90 Å². The Kier molecular flexibility index (Phi) is 5.72. The SMILES string of the molecule is CCS(=O)(=O)CCN1CCCCCC1CO. The first kappa shape index (κ1) is 13.9. The Morgan fingerprint density at radius 2 is 2.06 bits per heavy atom. The van der Waals surface area contributed by atoms with Gasteiger partial charge in [-0.3, -0.25) is 4.90 Å². The third-order valence-corrected chi connectivity index (χ3v) is 5.02. The van der Waals surface area contributed by atoms with Crippen LogP contribution in [0.5, 0.6) is 0 Å². The summed E-state index contributed by atoms with van der Waals surface area (Å²) in [5.74, 6) is 0.435. The molecule has 96 valence electrons. The van der Waals surface area contributed by atoms with E-state index in [9.17, 15) is 13.5 Å². The van der Waals surface area contributed by atoms with Crippen LogP contribution < -0.4 is 0 Å². The van der Waals surface area contributed by atoms with Gasteiger partial charge in [0.2, 0.25) is 0 Å². The molecule has 1 aliphatic heterocycles. The maximum atomic E-state index is 11.4. The standard InChI is InChI=1S/C11H23NO3S/c1-2-16(14,15)9-8-12-7-5-3-4-6-11(12)10-13/h11,13H,2-10H2,1H3. The summed E-state index contributed by atoms with van der Waals surface area (Å²) in [4.78, 5) is 2.14. The van der Waals surface area contributed by atoms with Crippen molar-refractivity contribution in [2.24, 2.45) is 0 Å². The summed E-state index contributed by atoms with van der Waals surface area (Å²) in [5, 5.41) is 9.28. The molecule has 0 bridgehead atoms. The van der Waals surface area contributed by atoms with Crippen molar-refractivity contribution in [1.29, 1.82) is 0 Å². The van der Waals surface area contributed by atoms with Crippen LogP contribution in [0, 0.1) is 0 Å². The highest BCUT2D eigenvalue weighted by Crippen LogP contribution is 2.16. The summed E-state index contributed by atoms with van der Waals surface area (Å²) in [6.07, 6.45) is 4.43. The van der Waals surface area contributed by atoms with Crippen LogP contribution in [0.2, 0.25) is 0 Å². The van der Waals surface area contributed by atoms with Gasteiger partial charge in [0.25, 0.3) is 0 Å². The highest BCUT2D eigenvalue weighted by atomic mass is 32.2. The smallest absolute Gasteiger partial charge is 0.151 e. The molecule has 16 heavy (non-hydrogen) atoms. The van der Waals surface area contributed by atoms with Crippen LogP contribution in [0.4, 0.5) is 0 Å². The highest BCUT2D eigenvalue weighted by molar-refractivity contribution is 7.91. The van der Waals surface area contributed by atoms with E-state index in [0.29, 0.717) is 6.54 Å². The van der Waals surface area contributed by atoms with Crippen LogP contribution in [0.1, 0.15) is 32.6 Å². The number of aliphatic hydroxyl groups is 1. The Balaban J connectivity index is 2.49. The molecule has 1 fully saturated rings. The summed E-state index contributed by atoms with van der Waals surface area (Å²) in [6, 6.07) is 0.162. The summed E-state index contributed by atoms with van der Waals surface area (Å²) in [6.45, 7) is 3.32. The molecule has 1 atom stereocenters. The molecule has 0 spiro atoms. The number of hydrogen-bond acceptors (Lipinski definition) is 4. The van der Waals surface area contributed by atoms with E-state index in [1.807, 2.05) is 0 Å². The van der Waals surface area contributed by atoms with Gasteiger partial charge in [0.15, 0.2) is 9.84 Å². The van der Waals surface area contributed by atoms with E-state index in [4.69, 9.17) is 0 Å². The van der Waals surface area contributed by atoms with Gasteiger partial charge in [0.05, 0.1) is 12.4 Å². The first-order valence-corrected chi connectivity index (χ1v) is 7.96. The van der Waals surface area contributed by atoms with Crippen molar-refractivity contribution in [2.75, 3.05) is 31.2 Å². The Morgan fingerprint density at radius 1 is 1.31 bits per heavy atom. The van der Waals surface area contributed by atoms with Crippen LogP contribution in [-0.4, -0.2) is 55.7 Å². The predicted octanol–water partition coefficient (Wildman–Crippen LogP) is 0.658. The Labute approximate surface area is 98.6 Å². The number of rotatable bonds is 5. The van der Waals surface area contributed by atoms with E-state index >= 15 is 0 Å². The van der Waals surface area contributed by atoms with Gasteiger partial charge in [0.1, 0.15) is 0 Å². The van der Waals surface area contributed by atoms with Crippen LogP contribution in [0.25, 0.3) is 0 Å². The normalized spacial score (nSPS) is 24.2. The molecular formula is C11H23NO3S. The molecule has 0 aromatic carbocycles. The highest BCUT2D eigenvalue weighted by Gasteiger charge is 2.21. The summed E-state index contributed by atoms with van der Waals surface area (Å²) in [5.41, 5.74) is 0. The molecule has 1 saturated heterocycles. The lowest BCUT2D eigenvalue weighted by Crippen LogP contribution is -2.40. The number of likely N-dealkylation sites (tertiary alicyclic amines) is 1. The molecule has 0 aliphatic carbocycles. The van der Waals surface area contributed by atoms with E-state index in [1.54, 1.807) is 6.92 Å². The minimum atomic E-state index is -2.89. The third kappa shape index (κ3) is 4.39. The second-order valence-corrected chi connectivity index (χ2v) is 6.93. The molecular weight excluding hydrogens is 226 g/mol. The summed E-state index contributed by atoms with van der Waals surface area (Å²) < 4.78 is 22.9.